The highest BCUT2D eigenvalue weighted by atomic mass is 32.2. The molecule has 0 fully saturated rings. The third-order valence-corrected chi connectivity index (χ3v) is 3.20. The first-order chi connectivity index (χ1) is 7.77. The Balaban J connectivity index is 3.33. The van der Waals surface area contributed by atoms with Crippen LogP contribution in [0.4, 0.5) is 8.78 Å². The van der Waals surface area contributed by atoms with E-state index in [0.717, 1.165) is 6.26 Å². The molecule has 0 spiro atoms. The lowest BCUT2D eigenvalue weighted by Crippen LogP contribution is -2.12. The first-order valence-corrected chi connectivity index (χ1v) is 6.59. The molecular formula is C10H11F2NO3S. The number of carbonyl (C=O) groups is 1. The van der Waals surface area contributed by atoms with Crippen molar-refractivity contribution < 1.29 is 22.0 Å². The Bertz CT molecular complexity index is 555. The van der Waals surface area contributed by atoms with E-state index in [4.69, 9.17) is 5.73 Å². The largest absolute Gasteiger partial charge is 0.330 e. The van der Waals surface area contributed by atoms with Crippen LogP contribution < -0.4 is 5.73 Å². The van der Waals surface area contributed by atoms with Crippen molar-refractivity contribution in [3.8, 4) is 0 Å². The maximum absolute atomic E-state index is 13.4. The number of hydrogen-bond donors (Lipinski definition) is 1. The summed E-state index contributed by atoms with van der Waals surface area (Å²) in [5.74, 6) is -2.87. The van der Waals surface area contributed by atoms with Gasteiger partial charge in [0.1, 0.15) is 16.5 Å². The van der Waals surface area contributed by atoms with Crippen LogP contribution in [-0.4, -0.2) is 27.0 Å². The molecule has 4 nitrogen and oxygen atoms in total. The molecule has 0 aromatic heterocycles. The Kier molecular flexibility index (Phi) is 3.94. The summed E-state index contributed by atoms with van der Waals surface area (Å²) >= 11 is 0. The molecule has 17 heavy (non-hydrogen) atoms. The Morgan fingerprint density at radius 2 is 1.88 bits per heavy atom. The van der Waals surface area contributed by atoms with Crippen molar-refractivity contribution in [3.63, 3.8) is 0 Å². The number of nitrogens with two attached hydrogens (primary N) is 1. The molecule has 0 heterocycles. The normalized spacial score (nSPS) is 11.5. The van der Waals surface area contributed by atoms with Crippen LogP contribution >= 0.6 is 0 Å². The van der Waals surface area contributed by atoms with Crippen molar-refractivity contribution in [2.75, 3.05) is 12.8 Å². The van der Waals surface area contributed by atoms with Gasteiger partial charge in [0, 0.05) is 12.7 Å². The van der Waals surface area contributed by atoms with Crippen LogP contribution in [-0.2, 0) is 9.84 Å². The summed E-state index contributed by atoms with van der Waals surface area (Å²) in [6, 6.07) is 1.10. The smallest absolute Gasteiger partial charge is 0.178 e. The summed E-state index contributed by atoms with van der Waals surface area (Å²) in [5, 5.41) is 0. The number of Topliss-reactive ketones (excluding diaryl/α,β-unsaturated/α-hetero) is 1. The van der Waals surface area contributed by atoms with Gasteiger partial charge >= 0.3 is 0 Å². The Hall–Kier alpha value is -1.34. The van der Waals surface area contributed by atoms with Crippen molar-refractivity contribution in [1.29, 1.82) is 0 Å². The highest BCUT2D eigenvalue weighted by molar-refractivity contribution is 7.90. The fourth-order valence-corrected chi connectivity index (χ4v) is 2.02. The van der Waals surface area contributed by atoms with Gasteiger partial charge in [0.05, 0.1) is 5.56 Å². The number of sulfone groups is 1. The van der Waals surface area contributed by atoms with Gasteiger partial charge in [-0.1, -0.05) is 0 Å². The van der Waals surface area contributed by atoms with Gasteiger partial charge < -0.3 is 5.73 Å². The van der Waals surface area contributed by atoms with Gasteiger partial charge in [0.15, 0.2) is 15.6 Å². The lowest BCUT2D eigenvalue weighted by Gasteiger charge is -2.05. The van der Waals surface area contributed by atoms with Crippen LogP contribution in [0.3, 0.4) is 0 Å². The molecule has 2 N–H and O–H groups in total. The van der Waals surface area contributed by atoms with E-state index in [1.807, 2.05) is 0 Å². The summed E-state index contributed by atoms with van der Waals surface area (Å²) < 4.78 is 49.0. The van der Waals surface area contributed by atoms with E-state index in [1.54, 1.807) is 0 Å². The van der Waals surface area contributed by atoms with Crippen molar-refractivity contribution in [3.05, 3.63) is 29.3 Å². The third kappa shape index (κ3) is 3.07. The average Bonchev–Trinajstić information content (AvgIpc) is 2.19. The van der Waals surface area contributed by atoms with Crippen molar-refractivity contribution >= 4 is 15.6 Å². The minimum Gasteiger partial charge on any atom is -0.330 e. The van der Waals surface area contributed by atoms with Gasteiger partial charge in [-0.2, -0.15) is 0 Å². The molecule has 1 aromatic carbocycles. The molecule has 0 unspecified atom stereocenters. The summed E-state index contributed by atoms with van der Waals surface area (Å²) in [6.07, 6.45) is 0.626. The highest BCUT2D eigenvalue weighted by Crippen LogP contribution is 2.20. The average molecular weight is 263 g/mol. The van der Waals surface area contributed by atoms with E-state index in [-0.39, 0.29) is 13.0 Å². The van der Waals surface area contributed by atoms with E-state index in [1.165, 1.54) is 0 Å². The predicted molar refractivity (Wildman–Crippen MR) is 57.5 cm³/mol. The summed E-state index contributed by atoms with van der Waals surface area (Å²) in [4.78, 5) is 10.6. The zero-order chi connectivity index (χ0) is 13.2. The quantitative estimate of drug-likeness (QED) is 0.819. The van der Waals surface area contributed by atoms with Crippen molar-refractivity contribution in [2.24, 2.45) is 5.73 Å². The molecular weight excluding hydrogens is 252 g/mol. The van der Waals surface area contributed by atoms with E-state index in [9.17, 15) is 22.0 Å². The SMILES string of the molecule is CS(=O)(=O)c1cc(F)c(C(=O)CCN)cc1F. The molecule has 0 saturated carbocycles. The molecule has 0 radical (unpaired) electrons. The Morgan fingerprint density at radius 3 is 2.35 bits per heavy atom. The van der Waals surface area contributed by atoms with Gasteiger partial charge in [0.25, 0.3) is 0 Å². The molecule has 0 aliphatic carbocycles. The third-order valence-electron chi connectivity index (χ3n) is 2.09. The first-order valence-electron chi connectivity index (χ1n) is 4.69. The number of hydrogen-bond acceptors (Lipinski definition) is 4. The van der Waals surface area contributed by atoms with Crippen LogP contribution in [0.25, 0.3) is 0 Å². The Labute approximate surface area is 97.3 Å². The van der Waals surface area contributed by atoms with E-state index >= 15 is 0 Å². The monoisotopic (exact) mass is 263 g/mol. The summed E-state index contributed by atoms with van der Waals surface area (Å²) in [5.41, 5.74) is 4.64. The topological polar surface area (TPSA) is 77.2 Å². The van der Waals surface area contributed by atoms with Crippen LogP contribution in [0, 0.1) is 11.6 Å². The highest BCUT2D eigenvalue weighted by Gasteiger charge is 2.20. The summed E-state index contributed by atoms with van der Waals surface area (Å²) in [6.45, 7) is 0.00766. The second kappa shape index (κ2) is 4.89. The van der Waals surface area contributed by atoms with E-state index in [0.29, 0.717) is 12.1 Å². The zero-order valence-electron chi connectivity index (χ0n) is 9.04. The zero-order valence-corrected chi connectivity index (χ0v) is 9.85. The van der Waals surface area contributed by atoms with Crippen LogP contribution in [0.5, 0.6) is 0 Å². The van der Waals surface area contributed by atoms with Crippen LogP contribution in [0.15, 0.2) is 17.0 Å². The molecule has 0 bridgehead atoms. The van der Waals surface area contributed by atoms with Gasteiger partial charge in [-0.05, 0) is 18.7 Å². The Morgan fingerprint density at radius 1 is 1.29 bits per heavy atom. The number of carbonyl (C=O) groups excluding carboxylic acids is 1. The number of ketones is 1. The van der Waals surface area contributed by atoms with Crippen LogP contribution in [0.2, 0.25) is 0 Å². The van der Waals surface area contributed by atoms with E-state index < -0.39 is 37.7 Å². The number of halogens is 2. The summed E-state index contributed by atoms with van der Waals surface area (Å²) in [7, 11) is -3.86. The van der Waals surface area contributed by atoms with Gasteiger partial charge in [-0.25, -0.2) is 17.2 Å². The van der Waals surface area contributed by atoms with Crippen molar-refractivity contribution in [2.45, 2.75) is 11.3 Å². The molecule has 94 valence electrons. The minimum atomic E-state index is -3.86. The van der Waals surface area contributed by atoms with Crippen molar-refractivity contribution in [1.82, 2.24) is 0 Å². The minimum absolute atomic E-state index is 0.00766. The lowest BCUT2D eigenvalue weighted by molar-refractivity contribution is 0.0981. The van der Waals surface area contributed by atoms with Gasteiger partial charge in [-0.15, -0.1) is 0 Å². The molecule has 0 saturated heterocycles. The van der Waals surface area contributed by atoms with Gasteiger partial charge in [0.2, 0.25) is 0 Å². The molecule has 0 atom stereocenters. The molecule has 0 aliphatic rings. The van der Waals surface area contributed by atoms with Crippen LogP contribution in [0.1, 0.15) is 16.8 Å². The molecule has 0 aliphatic heterocycles. The first kappa shape index (κ1) is 13.7. The lowest BCUT2D eigenvalue weighted by atomic mass is 10.1. The fourth-order valence-electron chi connectivity index (χ4n) is 1.29. The molecule has 1 aromatic rings. The number of rotatable bonds is 4. The fraction of sp³-hybridized carbons (Fsp3) is 0.300. The maximum atomic E-state index is 13.4. The molecule has 0 amide bonds. The van der Waals surface area contributed by atoms with Gasteiger partial charge in [-0.3, -0.25) is 4.79 Å². The second-order valence-corrected chi connectivity index (χ2v) is 5.48. The van der Waals surface area contributed by atoms with E-state index in [2.05, 4.69) is 0 Å². The second-order valence-electron chi connectivity index (χ2n) is 3.50. The predicted octanol–water partition coefficient (Wildman–Crippen LogP) is 0.900. The molecule has 7 heteroatoms. The molecule has 1 rings (SSSR count). The maximum Gasteiger partial charge on any atom is 0.178 e. The standard InChI is InChI=1S/C10H11F2NO3S/c1-17(15,16)10-5-7(11)6(4-8(10)12)9(14)2-3-13/h4-5H,2-3,13H2,1H3. The number of benzene rings is 1.